The number of nitrogens with one attached hydrogen (secondary N) is 1. The zero-order valence-corrected chi connectivity index (χ0v) is 12.4. The standard InChI is InChI=1S/C13H16Cl2N4/c1-9(2)7-19-13(17-8-18-19)6-16-12-4-3-10(14)5-11(12)15/h3-5,8-9,16H,6-7H2,1-2H3. The lowest BCUT2D eigenvalue weighted by Crippen LogP contribution is -2.13. The zero-order valence-electron chi connectivity index (χ0n) is 10.9. The summed E-state index contributed by atoms with van der Waals surface area (Å²) in [4.78, 5) is 4.25. The Kier molecular flexibility index (Phi) is 4.66. The maximum absolute atomic E-state index is 6.10. The summed E-state index contributed by atoms with van der Waals surface area (Å²) in [5, 5.41) is 8.68. The summed E-state index contributed by atoms with van der Waals surface area (Å²) < 4.78 is 1.90. The molecule has 1 heterocycles. The molecule has 0 fully saturated rings. The molecule has 0 radical (unpaired) electrons. The first-order valence-electron chi connectivity index (χ1n) is 6.12. The third kappa shape index (κ3) is 3.85. The van der Waals surface area contributed by atoms with Crippen molar-refractivity contribution in [2.75, 3.05) is 5.32 Å². The van der Waals surface area contributed by atoms with E-state index in [0.717, 1.165) is 18.1 Å². The molecule has 0 saturated carbocycles. The van der Waals surface area contributed by atoms with E-state index in [0.29, 0.717) is 22.5 Å². The van der Waals surface area contributed by atoms with Crippen molar-refractivity contribution in [3.63, 3.8) is 0 Å². The van der Waals surface area contributed by atoms with Crippen LogP contribution in [0.3, 0.4) is 0 Å². The van der Waals surface area contributed by atoms with Crippen LogP contribution in [-0.4, -0.2) is 14.8 Å². The Labute approximate surface area is 122 Å². The first-order valence-corrected chi connectivity index (χ1v) is 6.87. The molecule has 4 nitrogen and oxygen atoms in total. The molecule has 1 aromatic carbocycles. The minimum atomic E-state index is 0.527. The SMILES string of the molecule is CC(C)Cn1ncnc1CNc1ccc(Cl)cc1Cl. The van der Waals surface area contributed by atoms with Crippen molar-refractivity contribution in [2.24, 2.45) is 5.92 Å². The summed E-state index contributed by atoms with van der Waals surface area (Å²) in [6.45, 7) is 5.73. The van der Waals surface area contributed by atoms with Crippen LogP contribution >= 0.6 is 23.2 Å². The molecular weight excluding hydrogens is 283 g/mol. The van der Waals surface area contributed by atoms with E-state index in [2.05, 4.69) is 29.2 Å². The summed E-state index contributed by atoms with van der Waals surface area (Å²) in [6.07, 6.45) is 1.57. The van der Waals surface area contributed by atoms with Crippen molar-refractivity contribution in [2.45, 2.75) is 26.9 Å². The number of aromatic nitrogens is 3. The van der Waals surface area contributed by atoms with Crippen LogP contribution in [0.15, 0.2) is 24.5 Å². The van der Waals surface area contributed by atoms with Crippen molar-refractivity contribution in [1.82, 2.24) is 14.8 Å². The van der Waals surface area contributed by atoms with E-state index < -0.39 is 0 Å². The molecule has 0 spiro atoms. The van der Waals surface area contributed by atoms with E-state index in [9.17, 15) is 0 Å². The van der Waals surface area contributed by atoms with Gasteiger partial charge in [-0.15, -0.1) is 0 Å². The predicted octanol–water partition coefficient (Wildman–Crippen LogP) is 3.85. The van der Waals surface area contributed by atoms with Crippen LogP contribution in [0.1, 0.15) is 19.7 Å². The minimum Gasteiger partial charge on any atom is -0.377 e. The molecule has 19 heavy (non-hydrogen) atoms. The lowest BCUT2D eigenvalue weighted by molar-refractivity contribution is 0.468. The smallest absolute Gasteiger partial charge is 0.146 e. The normalized spacial score (nSPS) is 11.0. The van der Waals surface area contributed by atoms with Crippen molar-refractivity contribution in [3.8, 4) is 0 Å². The van der Waals surface area contributed by atoms with Crippen LogP contribution in [0, 0.1) is 5.92 Å². The van der Waals surface area contributed by atoms with Gasteiger partial charge in [-0.05, 0) is 24.1 Å². The quantitative estimate of drug-likeness (QED) is 0.911. The highest BCUT2D eigenvalue weighted by molar-refractivity contribution is 6.36. The highest BCUT2D eigenvalue weighted by Gasteiger charge is 2.07. The van der Waals surface area contributed by atoms with Gasteiger partial charge in [0.15, 0.2) is 0 Å². The molecule has 0 aliphatic carbocycles. The molecule has 0 aliphatic rings. The van der Waals surface area contributed by atoms with Gasteiger partial charge in [-0.2, -0.15) is 5.10 Å². The third-order valence-corrected chi connectivity index (χ3v) is 3.15. The molecule has 1 N–H and O–H groups in total. The molecule has 0 aliphatic heterocycles. The molecule has 0 atom stereocenters. The topological polar surface area (TPSA) is 42.7 Å². The monoisotopic (exact) mass is 298 g/mol. The Hall–Kier alpha value is -1.26. The van der Waals surface area contributed by atoms with E-state index in [1.54, 1.807) is 18.5 Å². The van der Waals surface area contributed by atoms with Gasteiger partial charge in [-0.3, -0.25) is 0 Å². The minimum absolute atomic E-state index is 0.527. The second kappa shape index (κ2) is 6.26. The van der Waals surface area contributed by atoms with E-state index in [4.69, 9.17) is 23.2 Å². The lowest BCUT2D eigenvalue weighted by atomic mass is 10.2. The molecule has 0 unspecified atom stereocenters. The van der Waals surface area contributed by atoms with Crippen LogP contribution in [0.5, 0.6) is 0 Å². The number of nitrogens with zero attached hydrogens (tertiary/aromatic N) is 3. The fourth-order valence-corrected chi connectivity index (χ4v) is 2.21. The van der Waals surface area contributed by atoms with Gasteiger partial charge in [-0.25, -0.2) is 9.67 Å². The number of benzene rings is 1. The summed E-state index contributed by atoms with van der Waals surface area (Å²) in [6, 6.07) is 5.37. The van der Waals surface area contributed by atoms with Crippen LogP contribution in [0.2, 0.25) is 10.0 Å². The molecule has 0 bridgehead atoms. The van der Waals surface area contributed by atoms with Gasteiger partial charge >= 0.3 is 0 Å². The van der Waals surface area contributed by atoms with E-state index in [1.165, 1.54) is 0 Å². The van der Waals surface area contributed by atoms with Crippen molar-refractivity contribution in [1.29, 1.82) is 0 Å². The Bertz CT molecular complexity index is 551. The molecule has 6 heteroatoms. The van der Waals surface area contributed by atoms with Gasteiger partial charge in [0.1, 0.15) is 12.2 Å². The largest absolute Gasteiger partial charge is 0.377 e. The Morgan fingerprint density at radius 2 is 2.11 bits per heavy atom. The highest BCUT2D eigenvalue weighted by Crippen LogP contribution is 2.25. The van der Waals surface area contributed by atoms with Crippen LogP contribution in [0.25, 0.3) is 0 Å². The first-order chi connectivity index (χ1) is 9.06. The number of anilines is 1. The second-order valence-electron chi connectivity index (χ2n) is 4.73. The molecular formula is C13H16Cl2N4. The number of hydrogen-bond acceptors (Lipinski definition) is 3. The molecule has 1 aromatic heterocycles. The maximum atomic E-state index is 6.10. The number of hydrogen-bond donors (Lipinski definition) is 1. The van der Waals surface area contributed by atoms with Crippen LogP contribution < -0.4 is 5.32 Å². The van der Waals surface area contributed by atoms with Crippen LogP contribution in [0.4, 0.5) is 5.69 Å². The fourth-order valence-electron chi connectivity index (χ4n) is 1.73. The molecule has 102 valence electrons. The van der Waals surface area contributed by atoms with Gasteiger partial charge in [0.2, 0.25) is 0 Å². The lowest BCUT2D eigenvalue weighted by Gasteiger charge is -2.11. The van der Waals surface area contributed by atoms with Crippen molar-refractivity contribution in [3.05, 3.63) is 40.4 Å². The highest BCUT2D eigenvalue weighted by atomic mass is 35.5. The van der Waals surface area contributed by atoms with Gasteiger partial charge in [-0.1, -0.05) is 37.0 Å². The van der Waals surface area contributed by atoms with Gasteiger partial charge in [0, 0.05) is 11.6 Å². The average Bonchev–Trinajstić information content (AvgIpc) is 2.74. The second-order valence-corrected chi connectivity index (χ2v) is 5.57. The molecule has 2 aromatic rings. The number of rotatable bonds is 5. The van der Waals surface area contributed by atoms with E-state index >= 15 is 0 Å². The summed E-state index contributed by atoms with van der Waals surface area (Å²) in [7, 11) is 0. The molecule has 0 saturated heterocycles. The summed E-state index contributed by atoms with van der Waals surface area (Å²) >= 11 is 12.0. The van der Waals surface area contributed by atoms with E-state index in [-0.39, 0.29) is 0 Å². The van der Waals surface area contributed by atoms with E-state index in [1.807, 2.05) is 10.7 Å². The Balaban J connectivity index is 2.04. The Morgan fingerprint density at radius 3 is 2.79 bits per heavy atom. The zero-order chi connectivity index (χ0) is 13.8. The van der Waals surface area contributed by atoms with Crippen LogP contribution in [-0.2, 0) is 13.1 Å². The van der Waals surface area contributed by atoms with Gasteiger partial charge in [0.05, 0.1) is 17.3 Å². The number of halogens is 2. The average molecular weight is 299 g/mol. The molecule has 0 amide bonds. The maximum Gasteiger partial charge on any atom is 0.146 e. The van der Waals surface area contributed by atoms with Gasteiger partial charge < -0.3 is 5.32 Å². The molecule has 2 rings (SSSR count). The predicted molar refractivity (Wildman–Crippen MR) is 78.6 cm³/mol. The van der Waals surface area contributed by atoms with Crippen molar-refractivity contribution >= 4 is 28.9 Å². The fraction of sp³-hybridized carbons (Fsp3) is 0.385. The third-order valence-electron chi connectivity index (χ3n) is 2.60. The first kappa shape index (κ1) is 14.2. The Morgan fingerprint density at radius 1 is 1.32 bits per heavy atom. The summed E-state index contributed by atoms with van der Waals surface area (Å²) in [5.74, 6) is 1.42. The summed E-state index contributed by atoms with van der Waals surface area (Å²) in [5.41, 5.74) is 0.838. The van der Waals surface area contributed by atoms with Crippen molar-refractivity contribution < 1.29 is 0 Å². The van der Waals surface area contributed by atoms with Gasteiger partial charge in [0.25, 0.3) is 0 Å².